The lowest BCUT2D eigenvalue weighted by Crippen LogP contribution is -1.99. The molecule has 0 heterocycles. The Labute approximate surface area is 115 Å². The molecule has 0 aromatic heterocycles. The minimum absolute atomic E-state index is 0.191. The highest BCUT2D eigenvalue weighted by Gasteiger charge is 2.01. The molecule has 5 heteroatoms. The first-order chi connectivity index (χ1) is 8.67. The van der Waals surface area contributed by atoms with Gasteiger partial charge >= 0.3 is 5.97 Å². The average Bonchev–Trinajstić information content (AvgIpc) is 2.35. The lowest BCUT2D eigenvalue weighted by atomic mass is 10.2. The molecule has 0 radical (unpaired) electrons. The van der Waals surface area contributed by atoms with E-state index in [-0.39, 0.29) is 12.8 Å². The van der Waals surface area contributed by atoms with Crippen LogP contribution in [0.2, 0.25) is 0 Å². The smallest absolute Gasteiger partial charge is 0.330 e. The van der Waals surface area contributed by atoms with E-state index in [4.69, 9.17) is 14.2 Å². The zero-order chi connectivity index (χ0) is 13.4. The second-order valence-corrected chi connectivity index (χ2v) is 4.18. The van der Waals surface area contributed by atoms with Crippen LogP contribution in [0.5, 0.6) is 5.75 Å². The topological polar surface area (TPSA) is 44.8 Å². The molecular weight excluding hydrogens is 300 g/mol. The molecule has 1 aromatic carbocycles. The Kier molecular flexibility index (Phi) is 6.46. The van der Waals surface area contributed by atoms with Gasteiger partial charge in [-0.3, -0.25) is 0 Å². The fraction of sp³-hybridized carbons (Fsp3) is 0.308. The van der Waals surface area contributed by atoms with E-state index in [1.165, 1.54) is 6.08 Å². The third-order valence-electron chi connectivity index (χ3n) is 1.99. The zero-order valence-corrected chi connectivity index (χ0v) is 11.9. The second-order valence-electron chi connectivity index (χ2n) is 3.33. The Morgan fingerprint density at radius 2 is 2.22 bits per heavy atom. The van der Waals surface area contributed by atoms with Crippen LogP contribution in [0.25, 0.3) is 6.08 Å². The lowest BCUT2D eigenvalue weighted by Gasteiger charge is -2.07. The predicted molar refractivity (Wildman–Crippen MR) is 72.3 cm³/mol. The summed E-state index contributed by atoms with van der Waals surface area (Å²) >= 11 is 3.38. The van der Waals surface area contributed by atoms with Crippen LogP contribution >= 0.6 is 15.9 Å². The molecule has 4 nitrogen and oxygen atoms in total. The molecule has 0 aliphatic carbocycles. The van der Waals surface area contributed by atoms with E-state index >= 15 is 0 Å². The van der Waals surface area contributed by atoms with Gasteiger partial charge in [-0.15, -0.1) is 0 Å². The highest BCUT2D eigenvalue weighted by atomic mass is 79.9. The fourth-order valence-corrected chi connectivity index (χ4v) is 1.73. The third-order valence-corrected chi connectivity index (χ3v) is 2.61. The zero-order valence-electron chi connectivity index (χ0n) is 10.3. The molecule has 0 unspecified atom stereocenters. The maximum atomic E-state index is 11.1. The number of halogens is 1. The van der Waals surface area contributed by atoms with Crippen molar-refractivity contribution >= 4 is 28.0 Å². The van der Waals surface area contributed by atoms with Crippen molar-refractivity contribution in [3.8, 4) is 5.75 Å². The van der Waals surface area contributed by atoms with Crippen LogP contribution in [0.3, 0.4) is 0 Å². The minimum Gasteiger partial charge on any atom is -0.466 e. The predicted octanol–water partition coefficient (Wildman–Crippen LogP) is 3.01. The van der Waals surface area contributed by atoms with Crippen molar-refractivity contribution in [1.82, 2.24) is 0 Å². The van der Waals surface area contributed by atoms with Crippen molar-refractivity contribution in [2.24, 2.45) is 0 Å². The van der Waals surface area contributed by atoms with Gasteiger partial charge in [0, 0.05) is 13.2 Å². The largest absolute Gasteiger partial charge is 0.466 e. The van der Waals surface area contributed by atoms with Gasteiger partial charge in [-0.2, -0.15) is 0 Å². The summed E-state index contributed by atoms with van der Waals surface area (Å²) in [4.78, 5) is 11.1. The highest BCUT2D eigenvalue weighted by Crippen LogP contribution is 2.26. The van der Waals surface area contributed by atoms with Crippen LogP contribution in [0, 0.1) is 0 Å². The van der Waals surface area contributed by atoms with Gasteiger partial charge in [-0.1, -0.05) is 6.07 Å². The van der Waals surface area contributed by atoms with Gasteiger partial charge < -0.3 is 14.2 Å². The molecule has 0 atom stereocenters. The second kappa shape index (κ2) is 7.89. The fourth-order valence-electron chi connectivity index (χ4n) is 1.21. The number of hydrogen-bond acceptors (Lipinski definition) is 4. The van der Waals surface area contributed by atoms with Crippen LogP contribution in [-0.2, 0) is 14.3 Å². The summed E-state index contributed by atoms with van der Waals surface area (Å²) in [6.45, 7) is 2.33. The van der Waals surface area contributed by atoms with E-state index in [1.54, 1.807) is 26.2 Å². The summed E-state index contributed by atoms with van der Waals surface area (Å²) in [5.41, 5.74) is 0.875. The Morgan fingerprint density at radius 3 is 2.83 bits per heavy atom. The van der Waals surface area contributed by atoms with Gasteiger partial charge in [0.15, 0.2) is 6.79 Å². The first kappa shape index (κ1) is 14.7. The van der Waals surface area contributed by atoms with E-state index in [2.05, 4.69) is 15.9 Å². The van der Waals surface area contributed by atoms with E-state index < -0.39 is 0 Å². The number of benzene rings is 1. The summed E-state index contributed by atoms with van der Waals surface area (Å²) in [6, 6.07) is 5.49. The van der Waals surface area contributed by atoms with Crippen molar-refractivity contribution in [2.75, 3.05) is 20.5 Å². The van der Waals surface area contributed by atoms with Crippen molar-refractivity contribution in [3.05, 3.63) is 34.3 Å². The Bertz CT molecular complexity index is 429. The van der Waals surface area contributed by atoms with Crippen molar-refractivity contribution in [2.45, 2.75) is 6.92 Å². The Hall–Kier alpha value is -1.33. The number of esters is 1. The van der Waals surface area contributed by atoms with Crippen molar-refractivity contribution < 1.29 is 19.0 Å². The summed E-state index contributed by atoms with van der Waals surface area (Å²) in [7, 11) is 1.56. The molecule has 0 amide bonds. The van der Waals surface area contributed by atoms with E-state index in [0.717, 1.165) is 10.0 Å². The third kappa shape index (κ3) is 4.89. The van der Waals surface area contributed by atoms with Gasteiger partial charge in [0.1, 0.15) is 5.75 Å². The van der Waals surface area contributed by atoms with E-state index in [1.807, 2.05) is 12.1 Å². The monoisotopic (exact) mass is 314 g/mol. The summed E-state index contributed by atoms with van der Waals surface area (Å²) in [6.07, 6.45) is 3.07. The molecule has 1 aromatic rings. The Balaban J connectivity index is 2.69. The summed E-state index contributed by atoms with van der Waals surface area (Å²) in [5, 5.41) is 0. The van der Waals surface area contributed by atoms with Gasteiger partial charge in [-0.25, -0.2) is 4.79 Å². The first-order valence-electron chi connectivity index (χ1n) is 5.43. The average molecular weight is 315 g/mol. The first-order valence-corrected chi connectivity index (χ1v) is 6.22. The summed E-state index contributed by atoms with van der Waals surface area (Å²) < 4.78 is 15.7. The van der Waals surface area contributed by atoms with Gasteiger partial charge in [0.25, 0.3) is 0 Å². The van der Waals surface area contributed by atoms with Gasteiger partial charge in [0.2, 0.25) is 0 Å². The molecular formula is C13H15BrO4. The SMILES string of the molecule is CCOC(=O)C=Cc1ccc(OCOC)c(Br)c1. The number of carbonyl (C=O) groups excluding carboxylic acids is 1. The quantitative estimate of drug-likeness (QED) is 0.460. The number of rotatable bonds is 6. The van der Waals surface area contributed by atoms with E-state index in [0.29, 0.717) is 12.4 Å². The molecule has 1 rings (SSSR count). The minimum atomic E-state index is -0.353. The standard InChI is InChI=1S/C13H15BrO4/c1-3-17-13(15)7-5-10-4-6-12(11(14)8-10)18-9-16-2/h4-8H,3,9H2,1-2H3. The van der Waals surface area contributed by atoms with Gasteiger partial charge in [0.05, 0.1) is 11.1 Å². The van der Waals surface area contributed by atoms with Crippen LogP contribution in [0.1, 0.15) is 12.5 Å². The molecule has 0 saturated carbocycles. The molecule has 0 aliphatic heterocycles. The van der Waals surface area contributed by atoms with Crippen molar-refractivity contribution in [1.29, 1.82) is 0 Å². The number of ether oxygens (including phenoxy) is 3. The summed E-state index contributed by atoms with van der Waals surface area (Å²) in [5.74, 6) is 0.332. The van der Waals surface area contributed by atoms with Gasteiger partial charge in [-0.05, 0) is 46.6 Å². The molecule has 0 bridgehead atoms. The highest BCUT2D eigenvalue weighted by molar-refractivity contribution is 9.10. The van der Waals surface area contributed by atoms with Crippen LogP contribution in [-0.4, -0.2) is 26.5 Å². The molecule has 0 fully saturated rings. The van der Waals surface area contributed by atoms with E-state index in [9.17, 15) is 4.79 Å². The Morgan fingerprint density at radius 1 is 1.44 bits per heavy atom. The maximum absolute atomic E-state index is 11.1. The molecule has 98 valence electrons. The molecule has 0 aliphatic rings. The maximum Gasteiger partial charge on any atom is 0.330 e. The number of methoxy groups -OCH3 is 1. The van der Waals surface area contributed by atoms with Crippen LogP contribution in [0.4, 0.5) is 0 Å². The van der Waals surface area contributed by atoms with Crippen LogP contribution in [0.15, 0.2) is 28.7 Å². The number of carbonyl (C=O) groups is 1. The molecule has 0 spiro atoms. The molecule has 18 heavy (non-hydrogen) atoms. The van der Waals surface area contributed by atoms with Crippen LogP contribution < -0.4 is 4.74 Å². The van der Waals surface area contributed by atoms with Crippen molar-refractivity contribution in [3.63, 3.8) is 0 Å². The number of hydrogen-bond donors (Lipinski definition) is 0. The normalized spacial score (nSPS) is 10.6. The molecule has 0 saturated heterocycles. The molecule has 0 N–H and O–H groups in total. The lowest BCUT2D eigenvalue weighted by molar-refractivity contribution is -0.137.